The van der Waals surface area contributed by atoms with Crippen LogP contribution < -0.4 is 5.73 Å². The number of hydrogen-bond acceptors (Lipinski definition) is 4. The second kappa shape index (κ2) is 4.50. The van der Waals surface area contributed by atoms with Gasteiger partial charge in [-0.15, -0.1) is 0 Å². The molecule has 2 bridgehead atoms. The maximum Gasteiger partial charge on any atom is 0.0663 e. The summed E-state index contributed by atoms with van der Waals surface area (Å²) >= 11 is 0. The van der Waals surface area contributed by atoms with Crippen LogP contribution in [0.5, 0.6) is 0 Å². The number of nitrogens with zero attached hydrogens (tertiary/aromatic N) is 2. The molecule has 3 aliphatic heterocycles. The molecule has 2 N–H and O–H groups in total. The molecule has 98 valence electrons. The molecular weight excluding hydrogens is 214 g/mol. The van der Waals surface area contributed by atoms with Crippen LogP contribution in [0.1, 0.15) is 25.7 Å². The number of nitrogens with two attached hydrogens (primary N) is 1. The average molecular weight is 239 g/mol. The molecule has 0 aromatic heterocycles. The molecule has 0 saturated carbocycles. The van der Waals surface area contributed by atoms with E-state index in [0.29, 0.717) is 0 Å². The van der Waals surface area contributed by atoms with Crippen LogP contribution in [0.3, 0.4) is 0 Å². The van der Waals surface area contributed by atoms with Crippen molar-refractivity contribution in [3.8, 4) is 0 Å². The number of likely N-dealkylation sites (tertiary alicyclic amines) is 1. The molecule has 0 amide bonds. The first-order chi connectivity index (χ1) is 8.25. The van der Waals surface area contributed by atoms with Gasteiger partial charge in [0.1, 0.15) is 0 Å². The Kier molecular flexibility index (Phi) is 3.15. The number of hydrogen-bond donors (Lipinski definition) is 1. The second-order valence-corrected chi connectivity index (χ2v) is 6.02. The molecule has 3 fully saturated rings. The Balaban J connectivity index is 1.76. The van der Waals surface area contributed by atoms with Crippen molar-refractivity contribution in [3.05, 3.63) is 0 Å². The van der Waals surface area contributed by atoms with Crippen LogP contribution in [-0.4, -0.2) is 67.3 Å². The fraction of sp³-hybridized carbons (Fsp3) is 1.00. The van der Waals surface area contributed by atoms with E-state index in [-0.39, 0.29) is 5.54 Å². The monoisotopic (exact) mass is 239 g/mol. The Hall–Kier alpha value is -0.160. The van der Waals surface area contributed by atoms with Crippen molar-refractivity contribution >= 4 is 0 Å². The van der Waals surface area contributed by atoms with E-state index in [1.807, 2.05) is 0 Å². The van der Waals surface area contributed by atoms with Gasteiger partial charge >= 0.3 is 0 Å². The fourth-order valence-electron chi connectivity index (χ4n) is 3.88. The molecule has 4 heteroatoms. The standard InChI is InChI=1S/C13H25N3O/c1-15-11-2-3-12(15)8-16(6-4-11)13(9-14)5-7-17-10-13/h11-12H,2-10,14H2,1H3. The largest absolute Gasteiger partial charge is 0.379 e. The van der Waals surface area contributed by atoms with Crippen LogP contribution in [0.15, 0.2) is 0 Å². The normalized spacial score (nSPS) is 44.1. The van der Waals surface area contributed by atoms with Crippen molar-refractivity contribution < 1.29 is 4.74 Å². The first-order valence-corrected chi connectivity index (χ1v) is 7.00. The summed E-state index contributed by atoms with van der Waals surface area (Å²) in [5, 5.41) is 0. The molecule has 3 heterocycles. The maximum atomic E-state index is 6.05. The van der Waals surface area contributed by atoms with Crippen molar-refractivity contribution in [3.63, 3.8) is 0 Å². The van der Waals surface area contributed by atoms with Gasteiger partial charge < -0.3 is 10.5 Å². The van der Waals surface area contributed by atoms with Crippen molar-refractivity contribution in [1.82, 2.24) is 9.80 Å². The van der Waals surface area contributed by atoms with Gasteiger partial charge in [0.05, 0.1) is 12.1 Å². The number of ether oxygens (including phenoxy) is 1. The first kappa shape index (κ1) is 11.9. The van der Waals surface area contributed by atoms with Gasteiger partial charge in [-0.3, -0.25) is 9.80 Å². The molecule has 0 spiro atoms. The van der Waals surface area contributed by atoms with Gasteiger partial charge in [0.2, 0.25) is 0 Å². The fourth-order valence-corrected chi connectivity index (χ4v) is 3.88. The SMILES string of the molecule is CN1C2CCC1CN(C1(CN)CCOC1)CC2. The van der Waals surface area contributed by atoms with Gasteiger partial charge in [0, 0.05) is 38.3 Å². The Morgan fingerprint density at radius 1 is 1.29 bits per heavy atom. The molecule has 17 heavy (non-hydrogen) atoms. The van der Waals surface area contributed by atoms with Gasteiger partial charge in [-0.2, -0.15) is 0 Å². The number of rotatable bonds is 2. The Bertz CT molecular complexity index is 278. The highest BCUT2D eigenvalue weighted by molar-refractivity contribution is 5.00. The molecule has 0 radical (unpaired) electrons. The molecule has 3 aliphatic rings. The van der Waals surface area contributed by atoms with Crippen molar-refractivity contribution in [2.45, 2.75) is 43.3 Å². The number of likely N-dealkylation sites (N-methyl/N-ethyl adjacent to an activating group) is 1. The highest BCUT2D eigenvalue weighted by Crippen LogP contribution is 2.33. The van der Waals surface area contributed by atoms with E-state index in [2.05, 4.69) is 16.8 Å². The quantitative estimate of drug-likeness (QED) is 0.751. The summed E-state index contributed by atoms with van der Waals surface area (Å²) < 4.78 is 5.62. The smallest absolute Gasteiger partial charge is 0.0663 e. The Morgan fingerprint density at radius 2 is 2.12 bits per heavy atom. The highest BCUT2D eigenvalue weighted by atomic mass is 16.5. The predicted molar refractivity (Wildman–Crippen MR) is 68.0 cm³/mol. The molecule has 0 aromatic carbocycles. The van der Waals surface area contributed by atoms with Crippen LogP contribution in [-0.2, 0) is 4.74 Å². The van der Waals surface area contributed by atoms with Crippen molar-refractivity contribution in [2.75, 3.05) is 39.9 Å². The lowest BCUT2D eigenvalue weighted by molar-refractivity contribution is 0.0640. The van der Waals surface area contributed by atoms with Crippen LogP contribution in [0.25, 0.3) is 0 Å². The van der Waals surface area contributed by atoms with Gasteiger partial charge in [-0.25, -0.2) is 0 Å². The maximum absolute atomic E-state index is 6.05. The third-order valence-electron chi connectivity index (χ3n) is 5.28. The minimum absolute atomic E-state index is 0.144. The summed E-state index contributed by atoms with van der Waals surface area (Å²) in [6, 6.07) is 1.55. The summed E-state index contributed by atoms with van der Waals surface area (Å²) in [4.78, 5) is 5.24. The van der Waals surface area contributed by atoms with Gasteiger partial charge in [-0.1, -0.05) is 0 Å². The van der Waals surface area contributed by atoms with Gasteiger partial charge in [0.15, 0.2) is 0 Å². The van der Waals surface area contributed by atoms with Crippen molar-refractivity contribution in [2.24, 2.45) is 5.73 Å². The third-order valence-corrected chi connectivity index (χ3v) is 5.28. The second-order valence-electron chi connectivity index (χ2n) is 6.02. The Labute approximate surface area is 104 Å². The highest BCUT2D eigenvalue weighted by Gasteiger charge is 2.44. The summed E-state index contributed by atoms with van der Waals surface area (Å²) in [6.07, 6.45) is 5.17. The van der Waals surface area contributed by atoms with Crippen LogP contribution in [0.2, 0.25) is 0 Å². The topological polar surface area (TPSA) is 41.7 Å². The molecule has 3 saturated heterocycles. The average Bonchev–Trinajstić information content (AvgIpc) is 2.87. The van der Waals surface area contributed by atoms with Crippen LogP contribution in [0, 0.1) is 0 Å². The summed E-state index contributed by atoms with van der Waals surface area (Å²) in [6.45, 7) is 4.86. The predicted octanol–water partition coefficient (Wildman–Crippen LogP) is 0.273. The zero-order valence-electron chi connectivity index (χ0n) is 10.9. The lowest BCUT2D eigenvalue weighted by Gasteiger charge is -2.40. The minimum atomic E-state index is 0.144. The van der Waals surface area contributed by atoms with E-state index >= 15 is 0 Å². The van der Waals surface area contributed by atoms with E-state index < -0.39 is 0 Å². The summed E-state index contributed by atoms with van der Waals surface area (Å²) in [5.74, 6) is 0. The molecule has 0 aromatic rings. The third kappa shape index (κ3) is 1.91. The molecule has 3 rings (SSSR count). The lowest BCUT2D eigenvalue weighted by Crippen LogP contribution is -2.56. The zero-order chi connectivity index (χ0) is 11.9. The molecule has 0 aliphatic carbocycles. The van der Waals surface area contributed by atoms with E-state index in [0.717, 1.165) is 38.3 Å². The zero-order valence-corrected chi connectivity index (χ0v) is 10.9. The summed E-state index contributed by atoms with van der Waals surface area (Å²) in [5.41, 5.74) is 6.19. The molecule has 3 unspecified atom stereocenters. The number of fused-ring (bicyclic) bond motifs is 2. The van der Waals surface area contributed by atoms with E-state index in [9.17, 15) is 0 Å². The molecule has 3 atom stereocenters. The van der Waals surface area contributed by atoms with Crippen molar-refractivity contribution in [1.29, 1.82) is 0 Å². The summed E-state index contributed by atoms with van der Waals surface area (Å²) in [7, 11) is 2.30. The van der Waals surface area contributed by atoms with Crippen LogP contribution in [0.4, 0.5) is 0 Å². The minimum Gasteiger partial charge on any atom is -0.379 e. The molecule has 4 nitrogen and oxygen atoms in total. The van der Waals surface area contributed by atoms with Crippen LogP contribution >= 0.6 is 0 Å². The van der Waals surface area contributed by atoms with Gasteiger partial charge in [-0.05, 0) is 32.7 Å². The Morgan fingerprint density at radius 3 is 2.82 bits per heavy atom. The first-order valence-electron chi connectivity index (χ1n) is 7.00. The van der Waals surface area contributed by atoms with E-state index in [1.165, 1.54) is 32.4 Å². The van der Waals surface area contributed by atoms with E-state index in [1.54, 1.807) is 0 Å². The van der Waals surface area contributed by atoms with E-state index in [4.69, 9.17) is 10.5 Å². The van der Waals surface area contributed by atoms with Gasteiger partial charge in [0.25, 0.3) is 0 Å². The lowest BCUT2D eigenvalue weighted by atomic mass is 9.94. The molecular formula is C13H25N3O.